The van der Waals surface area contributed by atoms with Gasteiger partial charge in [0.1, 0.15) is 12.1 Å². The molecular formula is C12H21N3O5. The highest BCUT2D eigenvalue weighted by atomic mass is 16.5. The van der Waals surface area contributed by atoms with Crippen LogP contribution in [0.3, 0.4) is 0 Å². The quantitative estimate of drug-likeness (QED) is 0.440. The van der Waals surface area contributed by atoms with Crippen molar-refractivity contribution in [3.63, 3.8) is 0 Å². The van der Waals surface area contributed by atoms with Crippen LogP contribution in [0.15, 0.2) is 0 Å². The van der Waals surface area contributed by atoms with Crippen LogP contribution in [-0.2, 0) is 14.3 Å². The molecule has 0 saturated heterocycles. The highest BCUT2D eigenvalue weighted by molar-refractivity contribution is 5.88. The number of urea groups is 1. The van der Waals surface area contributed by atoms with Crippen molar-refractivity contribution < 1.29 is 24.2 Å². The lowest BCUT2D eigenvalue weighted by Crippen LogP contribution is -2.53. The number of rotatable bonds is 8. The zero-order valence-electron chi connectivity index (χ0n) is 11.6. The van der Waals surface area contributed by atoms with Crippen molar-refractivity contribution in [3.8, 4) is 0 Å². The largest absolute Gasteiger partial charge is 0.480 e. The predicted molar refractivity (Wildman–Crippen MR) is 70.2 cm³/mol. The molecule has 8 heteroatoms. The summed E-state index contributed by atoms with van der Waals surface area (Å²) in [4.78, 5) is 34.2. The molecular weight excluding hydrogens is 266 g/mol. The maximum atomic E-state index is 11.6. The first-order valence-electron chi connectivity index (χ1n) is 6.52. The van der Waals surface area contributed by atoms with E-state index >= 15 is 0 Å². The lowest BCUT2D eigenvalue weighted by molar-refractivity contribution is -0.139. The van der Waals surface area contributed by atoms with Crippen molar-refractivity contribution in [1.29, 1.82) is 0 Å². The van der Waals surface area contributed by atoms with E-state index in [0.29, 0.717) is 13.2 Å². The summed E-state index contributed by atoms with van der Waals surface area (Å²) < 4.78 is 4.79. The molecule has 3 amide bonds. The SMILES string of the molecule is COCCNC(=O)C(C)NC(=O)NC(C(=O)O)C1CC1. The summed E-state index contributed by atoms with van der Waals surface area (Å²) in [5, 5.41) is 16.3. The van der Waals surface area contributed by atoms with Gasteiger partial charge in [-0.05, 0) is 25.7 Å². The molecule has 8 nitrogen and oxygen atoms in total. The Morgan fingerprint density at radius 3 is 2.45 bits per heavy atom. The van der Waals surface area contributed by atoms with Gasteiger partial charge in [-0.1, -0.05) is 0 Å². The van der Waals surface area contributed by atoms with Gasteiger partial charge >= 0.3 is 12.0 Å². The average Bonchev–Trinajstić information content (AvgIpc) is 3.19. The molecule has 0 radical (unpaired) electrons. The third-order valence-corrected chi connectivity index (χ3v) is 2.99. The second kappa shape index (κ2) is 7.68. The molecule has 1 saturated carbocycles. The first kappa shape index (κ1) is 16.2. The molecule has 0 aromatic carbocycles. The van der Waals surface area contributed by atoms with Crippen LogP contribution in [0.4, 0.5) is 4.79 Å². The van der Waals surface area contributed by atoms with E-state index in [0.717, 1.165) is 12.8 Å². The average molecular weight is 287 g/mol. The second-order valence-corrected chi connectivity index (χ2v) is 4.78. The Hall–Kier alpha value is -1.83. The number of methoxy groups -OCH3 is 1. The van der Waals surface area contributed by atoms with Gasteiger partial charge in [0.15, 0.2) is 0 Å². The molecule has 1 aliphatic carbocycles. The summed E-state index contributed by atoms with van der Waals surface area (Å²) in [6.45, 7) is 2.25. The van der Waals surface area contributed by atoms with Gasteiger partial charge in [-0.2, -0.15) is 0 Å². The van der Waals surface area contributed by atoms with Gasteiger partial charge in [0.25, 0.3) is 0 Å². The van der Waals surface area contributed by atoms with E-state index in [-0.39, 0.29) is 11.8 Å². The van der Waals surface area contributed by atoms with Crippen LogP contribution in [0.2, 0.25) is 0 Å². The molecule has 20 heavy (non-hydrogen) atoms. The van der Waals surface area contributed by atoms with E-state index in [1.807, 2.05) is 0 Å². The molecule has 1 fully saturated rings. The molecule has 2 atom stereocenters. The summed E-state index contributed by atoms with van der Waals surface area (Å²) in [6, 6.07) is -2.29. The second-order valence-electron chi connectivity index (χ2n) is 4.78. The van der Waals surface area contributed by atoms with Gasteiger partial charge < -0.3 is 25.8 Å². The van der Waals surface area contributed by atoms with Crippen molar-refractivity contribution >= 4 is 17.9 Å². The number of hydrogen-bond donors (Lipinski definition) is 4. The molecule has 0 heterocycles. The first-order chi connectivity index (χ1) is 9.45. The Balaban J connectivity index is 2.32. The van der Waals surface area contributed by atoms with Gasteiger partial charge in [0, 0.05) is 13.7 Å². The van der Waals surface area contributed by atoms with Crippen LogP contribution >= 0.6 is 0 Å². The highest BCUT2D eigenvalue weighted by Gasteiger charge is 2.37. The fourth-order valence-electron chi connectivity index (χ4n) is 1.69. The van der Waals surface area contributed by atoms with Crippen molar-refractivity contribution in [1.82, 2.24) is 16.0 Å². The number of ether oxygens (including phenoxy) is 1. The van der Waals surface area contributed by atoms with Crippen molar-refractivity contribution in [2.45, 2.75) is 31.8 Å². The summed E-state index contributed by atoms with van der Waals surface area (Å²) in [5.74, 6) is -1.42. The molecule has 0 bridgehead atoms. The number of amides is 3. The van der Waals surface area contributed by atoms with Crippen LogP contribution < -0.4 is 16.0 Å². The van der Waals surface area contributed by atoms with Crippen LogP contribution in [-0.4, -0.2) is 55.4 Å². The maximum Gasteiger partial charge on any atom is 0.326 e. The van der Waals surface area contributed by atoms with E-state index in [2.05, 4.69) is 16.0 Å². The van der Waals surface area contributed by atoms with Gasteiger partial charge in [-0.15, -0.1) is 0 Å². The molecule has 0 aromatic rings. The maximum absolute atomic E-state index is 11.6. The minimum Gasteiger partial charge on any atom is -0.480 e. The molecule has 1 aliphatic rings. The number of hydrogen-bond acceptors (Lipinski definition) is 4. The van der Waals surface area contributed by atoms with Gasteiger partial charge in [0.2, 0.25) is 5.91 Å². The van der Waals surface area contributed by atoms with Crippen molar-refractivity contribution in [3.05, 3.63) is 0 Å². The number of carbonyl (C=O) groups excluding carboxylic acids is 2. The van der Waals surface area contributed by atoms with Crippen LogP contribution in [0.5, 0.6) is 0 Å². The molecule has 0 aromatic heterocycles. The van der Waals surface area contributed by atoms with Crippen LogP contribution in [0, 0.1) is 5.92 Å². The zero-order chi connectivity index (χ0) is 15.1. The third-order valence-electron chi connectivity index (χ3n) is 2.99. The van der Waals surface area contributed by atoms with Gasteiger partial charge in [0.05, 0.1) is 6.61 Å². The Morgan fingerprint density at radius 2 is 1.95 bits per heavy atom. The monoisotopic (exact) mass is 287 g/mol. The summed E-state index contributed by atoms with van der Waals surface area (Å²) >= 11 is 0. The topological polar surface area (TPSA) is 117 Å². The standard InChI is InChI=1S/C12H21N3O5/c1-7(10(16)13-5-6-20-2)14-12(19)15-9(11(17)18)8-3-4-8/h7-9H,3-6H2,1-2H3,(H,13,16)(H,17,18)(H2,14,15,19). The Kier molecular flexibility index (Phi) is 6.23. The third kappa shape index (κ3) is 5.43. The fraction of sp³-hybridized carbons (Fsp3) is 0.750. The van der Waals surface area contributed by atoms with Crippen molar-refractivity contribution in [2.75, 3.05) is 20.3 Å². The van der Waals surface area contributed by atoms with E-state index in [1.54, 1.807) is 0 Å². The summed E-state index contributed by atoms with van der Waals surface area (Å²) in [7, 11) is 1.52. The fourth-order valence-corrected chi connectivity index (χ4v) is 1.69. The summed E-state index contributed by atoms with van der Waals surface area (Å²) in [5.41, 5.74) is 0. The molecule has 114 valence electrons. The number of aliphatic carboxylic acids is 1. The minimum atomic E-state index is -1.06. The molecule has 0 spiro atoms. The number of carbonyl (C=O) groups is 3. The summed E-state index contributed by atoms with van der Waals surface area (Å²) in [6.07, 6.45) is 1.59. The molecule has 1 rings (SSSR count). The Labute approximate surface area is 117 Å². The molecule has 4 N–H and O–H groups in total. The van der Waals surface area contributed by atoms with E-state index in [4.69, 9.17) is 9.84 Å². The number of carboxylic acids is 1. The van der Waals surface area contributed by atoms with E-state index in [1.165, 1.54) is 14.0 Å². The normalized spacial score (nSPS) is 16.9. The predicted octanol–water partition coefficient (Wildman–Crippen LogP) is -0.700. The Bertz CT molecular complexity index is 370. The number of carboxylic acid groups (broad SMARTS) is 1. The van der Waals surface area contributed by atoms with E-state index < -0.39 is 24.1 Å². The molecule has 2 unspecified atom stereocenters. The van der Waals surface area contributed by atoms with Gasteiger partial charge in [-0.3, -0.25) is 4.79 Å². The van der Waals surface area contributed by atoms with Crippen LogP contribution in [0.25, 0.3) is 0 Å². The smallest absolute Gasteiger partial charge is 0.326 e. The van der Waals surface area contributed by atoms with Gasteiger partial charge in [-0.25, -0.2) is 9.59 Å². The van der Waals surface area contributed by atoms with Crippen LogP contribution in [0.1, 0.15) is 19.8 Å². The van der Waals surface area contributed by atoms with Crippen molar-refractivity contribution in [2.24, 2.45) is 5.92 Å². The van der Waals surface area contributed by atoms with E-state index in [9.17, 15) is 14.4 Å². The lowest BCUT2D eigenvalue weighted by atomic mass is 10.2. The lowest BCUT2D eigenvalue weighted by Gasteiger charge is -2.17. The molecule has 0 aliphatic heterocycles. The number of nitrogens with one attached hydrogen (secondary N) is 3. The first-order valence-corrected chi connectivity index (χ1v) is 6.52. The highest BCUT2D eigenvalue weighted by Crippen LogP contribution is 2.32. The minimum absolute atomic E-state index is 0.0101. The zero-order valence-corrected chi connectivity index (χ0v) is 11.6. The Morgan fingerprint density at radius 1 is 1.30 bits per heavy atom.